The average molecular weight is 441 g/mol. The second-order valence-electron chi connectivity index (χ2n) is 8.73. The third-order valence-corrected chi connectivity index (χ3v) is 7.92. The van der Waals surface area contributed by atoms with Gasteiger partial charge in [-0.1, -0.05) is 30.3 Å². The number of nitrogens with zero attached hydrogens (tertiary/aromatic N) is 4. The number of hydrogen-bond donors (Lipinski definition) is 0. The van der Waals surface area contributed by atoms with Gasteiger partial charge in [-0.2, -0.15) is 0 Å². The van der Waals surface area contributed by atoms with Crippen LogP contribution in [0.1, 0.15) is 26.7 Å². The normalized spacial score (nSPS) is 15.9. The number of piperazine rings is 1. The van der Waals surface area contributed by atoms with Gasteiger partial charge >= 0.3 is 0 Å². The molecule has 3 aromatic rings. The molecule has 0 amide bonds. The molecule has 1 aliphatic rings. The van der Waals surface area contributed by atoms with Crippen LogP contribution in [0.15, 0.2) is 64.4 Å². The summed E-state index contributed by atoms with van der Waals surface area (Å²) in [5.41, 5.74) is 2.84. The van der Waals surface area contributed by atoms with Crippen LogP contribution in [0.3, 0.4) is 0 Å². The Morgan fingerprint density at radius 2 is 1.71 bits per heavy atom. The first-order valence-electron chi connectivity index (χ1n) is 10.4. The van der Waals surface area contributed by atoms with Crippen molar-refractivity contribution in [1.29, 1.82) is 0 Å². The Balaban J connectivity index is 1.35. The fourth-order valence-electron chi connectivity index (χ4n) is 3.51. The van der Waals surface area contributed by atoms with Crippen LogP contribution in [-0.2, 0) is 16.4 Å². The Kier molecular flexibility index (Phi) is 5.85. The van der Waals surface area contributed by atoms with E-state index in [0.29, 0.717) is 12.4 Å². The molecular formula is C23H28N4O3S. The lowest BCUT2D eigenvalue weighted by Crippen LogP contribution is -2.46. The minimum atomic E-state index is -3.44. The number of rotatable bonds is 5. The highest BCUT2D eigenvalue weighted by atomic mass is 32.2. The van der Waals surface area contributed by atoms with E-state index < -0.39 is 14.6 Å². The first-order chi connectivity index (χ1) is 14.7. The maximum absolute atomic E-state index is 12.6. The maximum atomic E-state index is 12.6. The Bertz CT molecular complexity index is 1110. The fraction of sp³-hybridized carbons (Fsp3) is 0.391. The predicted octanol–water partition coefficient (Wildman–Crippen LogP) is 3.63. The Morgan fingerprint density at radius 1 is 1.00 bits per heavy atom. The molecule has 164 valence electrons. The lowest BCUT2D eigenvalue weighted by atomic mass is 10.2. The molecule has 4 rings (SSSR count). The maximum Gasteiger partial charge on any atom is 0.208 e. The lowest BCUT2D eigenvalue weighted by molar-refractivity contribution is 0.226. The molecular weight excluding hydrogens is 412 g/mol. The summed E-state index contributed by atoms with van der Waals surface area (Å²) in [5.74, 6) is 0.714. The molecule has 1 aromatic carbocycles. The van der Waals surface area contributed by atoms with E-state index in [2.05, 4.69) is 19.8 Å². The monoisotopic (exact) mass is 440 g/mol. The highest BCUT2D eigenvalue weighted by molar-refractivity contribution is 7.92. The fourth-order valence-corrected chi connectivity index (χ4v) is 4.58. The molecule has 0 spiro atoms. The second-order valence-corrected chi connectivity index (χ2v) is 11.4. The third kappa shape index (κ3) is 4.65. The molecule has 0 N–H and O–H groups in total. The minimum Gasteiger partial charge on any atom is -0.447 e. The highest BCUT2D eigenvalue weighted by Gasteiger charge is 2.32. The number of sulfone groups is 1. The first kappa shape index (κ1) is 21.5. The molecule has 0 bridgehead atoms. The number of pyridine rings is 1. The Hall–Kier alpha value is -2.71. The molecule has 1 saturated heterocycles. The van der Waals surface area contributed by atoms with E-state index in [0.717, 1.165) is 43.1 Å². The van der Waals surface area contributed by atoms with Gasteiger partial charge in [0.1, 0.15) is 12.0 Å². The van der Waals surface area contributed by atoms with E-state index in [1.165, 1.54) is 0 Å². The molecule has 1 fully saturated rings. The largest absolute Gasteiger partial charge is 0.447 e. The zero-order valence-corrected chi connectivity index (χ0v) is 19.0. The van der Waals surface area contributed by atoms with Gasteiger partial charge in [-0.3, -0.25) is 4.90 Å². The first-order valence-corrected chi connectivity index (χ1v) is 11.9. The van der Waals surface area contributed by atoms with E-state index in [9.17, 15) is 8.42 Å². The highest BCUT2D eigenvalue weighted by Crippen LogP contribution is 2.25. The van der Waals surface area contributed by atoms with Crippen LogP contribution in [0.2, 0.25) is 0 Å². The number of oxazole rings is 1. The van der Waals surface area contributed by atoms with Gasteiger partial charge in [0.25, 0.3) is 0 Å². The summed E-state index contributed by atoms with van der Waals surface area (Å²) in [6, 6.07) is 13.5. The molecule has 7 nitrogen and oxygen atoms in total. The number of aromatic nitrogens is 2. The Labute approximate surface area is 183 Å². The van der Waals surface area contributed by atoms with Crippen molar-refractivity contribution in [1.82, 2.24) is 14.9 Å². The second kappa shape index (κ2) is 8.43. The van der Waals surface area contributed by atoms with Crippen molar-refractivity contribution in [2.75, 3.05) is 31.1 Å². The Morgan fingerprint density at radius 3 is 2.32 bits per heavy atom. The van der Waals surface area contributed by atoms with Crippen molar-refractivity contribution < 1.29 is 12.8 Å². The van der Waals surface area contributed by atoms with Gasteiger partial charge in [-0.15, -0.1) is 0 Å². The van der Waals surface area contributed by atoms with Crippen LogP contribution < -0.4 is 4.90 Å². The quantitative estimate of drug-likeness (QED) is 0.599. The van der Waals surface area contributed by atoms with Gasteiger partial charge in [0.15, 0.2) is 14.9 Å². The van der Waals surface area contributed by atoms with Crippen molar-refractivity contribution in [2.24, 2.45) is 0 Å². The summed E-state index contributed by atoms with van der Waals surface area (Å²) in [4.78, 5) is 13.4. The standard InChI is InChI=1S/C23H28N4O3S/c1-23(2,3)31(28,29)22-10-9-19(15-24-22)27-13-11-26(12-14-27)16-21-25-20(17-30-21)18-7-5-4-6-8-18/h4-10,15,17H,11-14,16H2,1-3H3. The number of anilines is 1. The number of benzene rings is 1. The van der Waals surface area contributed by atoms with Crippen LogP contribution in [0, 0.1) is 0 Å². The van der Waals surface area contributed by atoms with Crippen molar-refractivity contribution in [3.63, 3.8) is 0 Å². The van der Waals surface area contributed by atoms with Gasteiger partial charge in [0.05, 0.1) is 23.2 Å². The summed E-state index contributed by atoms with van der Waals surface area (Å²) in [7, 11) is -3.44. The summed E-state index contributed by atoms with van der Waals surface area (Å²) in [5, 5.41) is 0.125. The van der Waals surface area contributed by atoms with Crippen LogP contribution in [0.5, 0.6) is 0 Å². The van der Waals surface area contributed by atoms with Gasteiger partial charge in [0, 0.05) is 31.7 Å². The van der Waals surface area contributed by atoms with E-state index in [1.807, 2.05) is 36.4 Å². The van der Waals surface area contributed by atoms with Gasteiger partial charge in [-0.05, 0) is 32.9 Å². The molecule has 0 radical (unpaired) electrons. The molecule has 0 atom stereocenters. The topological polar surface area (TPSA) is 79.5 Å². The van der Waals surface area contributed by atoms with E-state index in [4.69, 9.17) is 4.42 Å². The summed E-state index contributed by atoms with van der Waals surface area (Å²) in [6.07, 6.45) is 3.37. The zero-order valence-electron chi connectivity index (χ0n) is 18.2. The van der Waals surface area contributed by atoms with Crippen molar-refractivity contribution in [3.05, 3.63) is 60.8 Å². The third-order valence-electron chi connectivity index (χ3n) is 5.52. The molecule has 0 aliphatic carbocycles. The zero-order chi connectivity index (χ0) is 22.1. The van der Waals surface area contributed by atoms with Crippen LogP contribution in [-0.4, -0.2) is 54.2 Å². The molecule has 2 aromatic heterocycles. The molecule has 1 aliphatic heterocycles. The molecule has 8 heteroatoms. The van der Waals surface area contributed by atoms with Crippen LogP contribution >= 0.6 is 0 Å². The number of hydrogen-bond acceptors (Lipinski definition) is 7. The average Bonchev–Trinajstić information content (AvgIpc) is 3.23. The summed E-state index contributed by atoms with van der Waals surface area (Å²) in [6.45, 7) is 9.13. The summed E-state index contributed by atoms with van der Waals surface area (Å²) >= 11 is 0. The van der Waals surface area contributed by atoms with Gasteiger partial charge in [-0.25, -0.2) is 18.4 Å². The lowest BCUT2D eigenvalue weighted by Gasteiger charge is -2.35. The molecule has 31 heavy (non-hydrogen) atoms. The predicted molar refractivity (Wildman–Crippen MR) is 121 cm³/mol. The van der Waals surface area contributed by atoms with E-state index >= 15 is 0 Å². The van der Waals surface area contributed by atoms with Gasteiger partial charge < -0.3 is 9.32 Å². The molecule has 0 unspecified atom stereocenters. The minimum absolute atomic E-state index is 0.125. The summed E-state index contributed by atoms with van der Waals surface area (Å²) < 4.78 is 29.9. The molecule has 0 saturated carbocycles. The van der Waals surface area contributed by atoms with Crippen molar-refractivity contribution >= 4 is 15.5 Å². The SMILES string of the molecule is CC(C)(C)S(=O)(=O)c1ccc(N2CCN(Cc3nc(-c4ccccc4)co3)CC2)cn1. The van der Waals surface area contributed by atoms with Crippen molar-refractivity contribution in [2.45, 2.75) is 37.1 Å². The van der Waals surface area contributed by atoms with Gasteiger partial charge in [0.2, 0.25) is 5.89 Å². The smallest absolute Gasteiger partial charge is 0.208 e. The molecule has 3 heterocycles. The van der Waals surface area contributed by atoms with Crippen molar-refractivity contribution in [3.8, 4) is 11.3 Å². The van der Waals surface area contributed by atoms with Crippen LogP contribution in [0.25, 0.3) is 11.3 Å². The van der Waals surface area contributed by atoms with E-state index in [-0.39, 0.29) is 5.03 Å². The van der Waals surface area contributed by atoms with E-state index in [1.54, 1.807) is 39.3 Å². The van der Waals surface area contributed by atoms with Crippen LogP contribution in [0.4, 0.5) is 5.69 Å².